The summed E-state index contributed by atoms with van der Waals surface area (Å²) in [5.41, 5.74) is 5.94. The molecule has 3 aliphatic rings. The van der Waals surface area contributed by atoms with Crippen molar-refractivity contribution in [2.24, 2.45) is 5.92 Å². The summed E-state index contributed by atoms with van der Waals surface area (Å²) in [5, 5.41) is -0.349. The van der Waals surface area contributed by atoms with E-state index in [1.807, 2.05) is 19.1 Å². The van der Waals surface area contributed by atoms with E-state index in [0.29, 0.717) is 4.90 Å². The fraction of sp³-hybridized carbons (Fsp3) is 0.474. The fourth-order valence-corrected chi connectivity index (χ4v) is 6.91. The maximum Gasteiger partial charge on any atom is 0.185 e. The summed E-state index contributed by atoms with van der Waals surface area (Å²) in [6.45, 7) is 3.99. The SMILES string of the molecule is Cc1cc(C)c2c(c1)CC1C3=C(C=CC1S2(=O)=O)CCCC3. The van der Waals surface area contributed by atoms with Crippen molar-refractivity contribution in [2.75, 3.05) is 0 Å². The van der Waals surface area contributed by atoms with Crippen LogP contribution in [0, 0.1) is 19.8 Å². The van der Waals surface area contributed by atoms with Gasteiger partial charge in [-0.25, -0.2) is 8.42 Å². The van der Waals surface area contributed by atoms with Crippen molar-refractivity contribution in [3.05, 3.63) is 52.1 Å². The van der Waals surface area contributed by atoms with Crippen molar-refractivity contribution in [1.82, 2.24) is 0 Å². The predicted octanol–water partition coefficient (Wildman–Crippen LogP) is 4.06. The average molecular weight is 314 g/mol. The Morgan fingerprint density at radius 3 is 2.68 bits per heavy atom. The first kappa shape index (κ1) is 14.3. The molecule has 1 aliphatic heterocycles. The quantitative estimate of drug-likeness (QED) is 0.724. The van der Waals surface area contributed by atoms with Crippen LogP contribution in [0.25, 0.3) is 0 Å². The highest BCUT2D eigenvalue weighted by Crippen LogP contribution is 2.45. The molecular weight excluding hydrogens is 292 g/mol. The highest BCUT2D eigenvalue weighted by Gasteiger charge is 2.43. The van der Waals surface area contributed by atoms with Crippen molar-refractivity contribution >= 4 is 9.84 Å². The lowest BCUT2D eigenvalue weighted by atomic mass is 9.76. The molecule has 0 saturated carbocycles. The second-order valence-corrected chi connectivity index (χ2v) is 9.05. The molecule has 0 fully saturated rings. The Bertz CT molecular complexity index is 812. The van der Waals surface area contributed by atoms with Gasteiger partial charge in [-0.1, -0.05) is 35.4 Å². The van der Waals surface area contributed by atoms with Gasteiger partial charge < -0.3 is 0 Å². The van der Waals surface area contributed by atoms with E-state index >= 15 is 0 Å². The van der Waals surface area contributed by atoms with Crippen LogP contribution >= 0.6 is 0 Å². The molecule has 0 saturated heterocycles. The molecule has 1 heterocycles. The normalized spacial score (nSPS) is 28.8. The molecule has 116 valence electrons. The number of rotatable bonds is 0. The van der Waals surface area contributed by atoms with Crippen molar-refractivity contribution in [2.45, 2.75) is 56.1 Å². The van der Waals surface area contributed by atoms with Gasteiger partial charge in [-0.05, 0) is 62.7 Å². The van der Waals surface area contributed by atoms with Gasteiger partial charge in [-0.2, -0.15) is 0 Å². The van der Waals surface area contributed by atoms with Gasteiger partial charge in [0.1, 0.15) is 0 Å². The monoisotopic (exact) mass is 314 g/mol. The highest BCUT2D eigenvalue weighted by atomic mass is 32.2. The van der Waals surface area contributed by atoms with Gasteiger partial charge in [-0.15, -0.1) is 0 Å². The Labute approximate surface area is 132 Å². The van der Waals surface area contributed by atoms with Crippen LogP contribution in [-0.2, 0) is 16.3 Å². The average Bonchev–Trinajstić information content (AvgIpc) is 2.45. The zero-order valence-electron chi connectivity index (χ0n) is 13.2. The maximum atomic E-state index is 13.2. The van der Waals surface area contributed by atoms with Gasteiger partial charge in [-0.3, -0.25) is 0 Å². The van der Waals surface area contributed by atoms with E-state index in [2.05, 4.69) is 19.1 Å². The first-order valence-corrected chi connectivity index (χ1v) is 9.77. The van der Waals surface area contributed by atoms with E-state index in [1.54, 1.807) is 0 Å². The van der Waals surface area contributed by atoms with Gasteiger partial charge in [0, 0.05) is 5.92 Å². The molecule has 1 aromatic carbocycles. The molecule has 0 spiro atoms. The molecule has 2 unspecified atom stereocenters. The van der Waals surface area contributed by atoms with Crippen LogP contribution in [0.3, 0.4) is 0 Å². The summed E-state index contributed by atoms with van der Waals surface area (Å²) in [4.78, 5) is 0.601. The van der Waals surface area contributed by atoms with Gasteiger partial charge >= 0.3 is 0 Å². The third-order valence-electron chi connectivity index (χ3n) is 5.46. The third-order valence-corrected chi connectivity index (χ3v) is 7.82. The summed E-state index contributed by atoms with van der Waals surface area (Å²) in [5.74, 6) is 0.166. The lowest BCUT2D eigenvalue weighted by molar-refractivity contribution is 0.494. The van der Waals surface area contributed by atoms with Crippen LogP contribution in [0.15, 0.2) is 40.3 Å². The van der Waals surface area contributed by atoms with E-state index < -0.39 is 9.84 Å². The predicted molar refractivity (Wildman–Crippen MR) is 88.7 cm³/mol. The topological polar surface area (TPSA) is 34.1 Å². The molecule has 0 aromatic heterocycles. The zero-order chi connectivity index (χ0) is 15.5. The third kappa shape index (κ3) is 1.95. The number of sulfone groups is 1. The number of hydrogen-bond donors (Lipinski definition) is 0. The molecule has 22 heavy (non-hydrogen) atoms. The minimum Gasteiger partial charge on any atom is -0.223 e. The largest absolute Gasteiger partial charge is 0.223 e. The number of allylic oxidation sites excluding steroid dienone is 3. The second kappa shape index (κ2) is 4.82. The smallest absolute Gasteiger partial charge is 0.185 e. The number of hydrogen-bond acceptors (Lipinski definition) is 2. The number of aryl methyl sites for hydroxylation is 2. The van der Waals surface area contributed by atoms with Gasteiger partial charge in [0.25, 0.3) is 0 Å². The molecule has 3 heteroatoms. The number of benzene rings is 1. The molecule has 1 aromatic rings. The standard InChI is InChI=1S/C19H22O2S/c1-12-9-13(2)19-15(10-12)11-17-16-6-4-3-5-14(16)7-8-18(17)22(19,20)21/h7-10,17-18H,3-6,11H2,1-2H3. The highest BCUT2D eigenvalue weighted by molar-refractivity contribution is 7.92. The Morgan fingerprint density at radius 1 is 1.09 bits per heavy atom. The van der Waals surface area contributed by atoms with Crippen LogP contribution < -0.4 is 0 Å². The van der Waals surface area contributed by atoms with E-state index in [1.165, 1.54) is 24.0 Å². The van der Waals surface area contributed by atoms with Crippen molar-refractivity contribution in [3.63, 3.8) is 0 Å². The lowest BCUT2D eigenvalue weighted by Crippen LogP contribution is -2.38. The number of fused-ring (bicyclic) bond motifs is 3. The van der Waals surface area contributed by atoms with Crippen molar-refractivity contribution in [1.29, 1.82) is 0 Å². The Hall–Kier alpha value is -1.35. The van der Waals surface area contributed by atoms with Crippen LogP contribution in [0.4, 0.5) is 0 Å². The first-order chi connectivity index (χ1) is 10.5. The van der Waals surface area contributed by atoms with E-state index in [4.69, 9.17) is 0 Å². The first-order valence-electron chi connectivity index (χ1n) is 8.22. The summed E-state index contributed by atoms with van der Waals surface area (Å²) < 4.78 is 26.3. The molecule has 0 amide bonds. The Kier molecular flexibility index (Phi) is 3.12. The lowest BCUT2D eigenvalue weighted by Gasteiger charge is -2.38. The molecule has 0 radical (unpaired) electrons. The van der Waals surface area contributed by atoms with E-state index in [9.17, 15) is 8.42 Å². The van der Waals surface area contributed by atoms with Gasteiger partial charge in [0.15, 0.2) is 9.84 Å². The van der Waals surface area contributed by atoms with Crippen LogP contribution in [-0.4, -0.2) is 13.7 Å². The minimum atomic E-state index is -3.26. The van der Waals surface area contributed by atoms with Crippen molar-refractivity contribution in [3.8, 4) is 0 Å². The van der Waals surface area contributed by atoms with Gasteiger partial charge in [0.05, 0.1) is 10.1 Å². The van der Waals surface area contributed by atoms with E-state index in [0.717, 1.165) is 36.0 Å². The van der Waals surface area contributed by atoms with E-state index in [-0.39, 0.29) is 11.2 Å². The molecule has 2 aliphatic carbocycles. The van der Waals surface area contributed by atoms with Gasteiger partial charge in [0.2, 0.25) is 0 Å². The zero-order valence-corrected chi connectivity index (χ0v) is 14.0. The maximum absolute atomic E-state index is 13.2. The molecule has 0 N–H and O–H groups in total. The van der Waals surface area contributed by atoms with Crippen molar-refractivity contribution < 1.29 is 8.42 Å². The Balaban J connectivity index is 1.92. The Morgan fingerprint density at radius 2 is 1.86 bits per heavy atom. The summed E-state index contributed by atoms with van der Waals surface area (Å²) >= 11 is 0. The van der Waals surface area contributed by atoms with Crippen LogP contribution in [0.2, 0.25) is 0 Å². The molecule has 0 bridgehead atoms. The second-order valence-electron chi connectivity index (χ2n) is 7.01. The molecule has 4 rings (SSSR count). The summed E-state index contributed by atoms with van der Waals surface area (Å²) in [6.07, 6.45) is 9.59. The molecule has 2 atom stereocenters. The molecular formula is C19H22O2S. The van der Waals surface area contributed by atoms with Crippen LogP contribution in [0.5, 0.6) is 0 Å². The van der Waals surface area contributed by atoms with Crippen LogP contribution in [0.1, 0.15) is 42.4 Å². The summed E-state index contributed by atoms with van der Waals surface area (Å²) in [6, 6.07) is 4.08. The summed E-state index contributed by atoms with van der Waals surface area (Å²) in [7, 11) is -3.26. The fourth-order valence-electron chi connectivity index (χ4n) is 4.64. The minimum absolute atomic E-state index is 0.166. The molecule has 2 nitrogen and oxygen atoms in total.